The van der Waals surface area contributed by atoms with Crippen molar-refractivity contribution in [1.82, 2.24) is 4.57 Å². The Labute approximate surface area is 110 Å². The van der Waals surface area contributed by atoms with Crippen molar-refractivity contribution in [3.05, 3.63) is 45.8 Å². The molecule has 2 aromatic rings. The Morgan fingerprint density at radius 2 is 2.32 bits per heavy atom. The Kier molecular flexibility index (Phi) is 2.74. The molecule has 5 nitrogen and oxygen atoms in total. The molecule has 0 saturated carbocycles. The van der Waals surface area contributed by atoms with Crippen molar-refractivity contribution in [2.75, 3.05) is 6.61 Å². The molecule has 0 saturated heterocycles. The van der Waals surface area contributed by atoms with Gasteiger partial charge in [-0.3, -0.25) is 10.1 Å². The number of rotatable bonds is 2. The smallest absolute Gasteiger partial charge is 0.235 e. The molecule has 0 atom stereocenters. The number of benzene rings is 1. The fourth-order valence-corrected chi connectivity index (χ4v) is 2.66. The second-order valence-corrected chi connectivity index (χ2v) is 4.68. The van der Waals surface area contributed by atoms with E-state index in [1.54, 1.807) is 6.08 Å². The van der Waals surface area contributed by atoms with E-state index in [4.69, 9.17) is 4.74 Å². The van der Waals surface area contributed by atoms with Crippen molar-refractivity contribution in [1.29, 1.82) is 0 Å². The summed E-state index contributed by atoms with van der Waals surface area (Å²) in [5.74, 6) is 0.903. The number of aryl methyl sites for hydroxylation is 2. The maximum absolute atomic E-state index is 10.5. The minimum Gasteiger partial charge on any atom is -0.493 e. The summed E-state index contributed by atoms with van der Waals surface area (Å²) in [5, 5.41) is 11.6. The average Bonchev–Trinajstić information content (AvgIpc) is 2.73. The second kappa shape index (κ2) is 4.42. The first-order valence-corrected chi connectivity index (χ1v) is 6.22. The molecule has 0 radical (unpaired) electrons. The van der Waals surface area contributed by atoms with Gasteiger partial charge in [0.15, 0.2) is 0 Å². The van der Waals surface area contributed by atoms with Gasteiger partial charge in [-0.05, 0) is 25.0 Å². The number of hydrogen-bond acceptors (Lipinski definition) is 3. The molecule has 1 aliphatic heterocycles. The topological polar surface area (TPSA) is 57.3 Å². The monoisotopic (exact) mass is 258 g/mol. The highest BCUT2D eigenvalue weighted by Gasteiger charge is 2.17. The van der Waals surface area contributed by atoms with Crippen LogP contribution in [-0.2, 0) is 13.5 Å². The van der Waals surface area contributed by atoms with E-state index in [9.17, 15) is 10.1 Å². The van der Waals surface area contributed by atoms with Crippen LogP contribution in [-0.4, -0.2) is 16.1 Å². The van der Waals surface area contributed by atoms with Crippen molar-refractivity contribution in [3.8, 4) is 5.75 Å². The molecule has 19 heavy (non-hydrogen) atoms. The van der Waals surface area contributed by atoms with Gasteiger partial charge in [0.05, 0.1) is 11.5 Å². The summed E-state index contributed by atoms with van der Waals surface area (Å²) >= 11 is 0. The van der Waals surface area contributed by atoms with Crippen LogP contribution in [0.2, 0.25) is 0 Å². The lowest BCUT2D eigenvalue weighted by Crippen LogP contribution is -2.08. The number of aromatic nitrogens is 1. The normalized spacial score (nSPS) is 14.6. The third kappa shape index (κ3) is 1.97. The lowest BCUT2D eigenvalue weighted by atomic mass is 9.99. The predicted molar refractivity (Wildman–Crippen MR) is 72.8 cm³/mol. The molecule has 3 rings (SSSR count). The molecular weight excluding hydrogens is 244 g/mol. The first-order valence-electron chi connectivity index (χ1n) is 6.22. The van der Waals surface area contributed by atoms with E-state index in [1.165, 1.54) is 0 Å². The molecule has 5 heteroatoms. The molecule has 0 aliphatic carbocycles. The van der Waals surface area contributed by atoms with Crippen LogP contribution in [0.15, 0.2) is 24.5 Å². The van der Waals surface area contributed by atoms with E-state index in [1.807, 2.05) is 29.9 Å². The summed E-state index contributed by atoms with van der Waals surface area (Å²) in [6, 6.07) is 3.99. The Bertz CT molecular complexity index is 686. The van der Waals surface area contributed by atoms with Crippen LogP contribution >= 0.6 is 0 Å². The maximum atomic E-state index is 10.5. The molecular formula is C14H14N2O3. The molecule has 1 aliphatic rings. The summed E-state index contributed by atoms with van der Waals surface area (Å²) in [5.41, 5.74) is 3.11. The third-order valence-corrected chi connectivity index (χ3v) is 3.45. The van der Waals surface area contributed by atoms with Crippen molar-refractivity contribution >= 4 is 17.0 Å². The predicted octanol–water partition coefficient (Wildman–Crippen LogP) is 2.75. The number of hydrogen-bond donors (Lipinski definition) is 0. The van der Waals surface area contributed by atoms with Crippen molar-refractivity contribution in [2.45, 2.75) is 12.8 Å². The summed E-state index contributed by atoms with van der Waals surface area (Å²) in [6.07, 6.45) is 6.39. The molecule has 0 spiro atoms. The number of ether oxygens (including phenoxy) is 1. The summed E-state index contributed by atoms with van der Waals surface area (Å²) < 4.78 is 7.64. The van der Waals surface area contributed by atoms with Crippen molar-refractivity contribution < 1.29 is 9.66 Å². The highest BCUT2D eigenvalue weighted by molar-refractivity contribution is 5.94. The van der Waals surface area contributed by atoms with E-state index in [2.05, 4.69) is 0 Å². The third-order valence-electron chi connectivity index (χ3n) is 3.45. The minimum absolute atomic E-state index is 0.440. The van der Waals surface area contributed by atoms with Gasteiger partial charge in [-0.15, -0.1) is 0 Å². The van der Waals surface area contributed by atoms with Crippen LogP contribution < -0.4 is 4.74 Å². The first kappa shape index (κ1) is 11.8. The van der Waals surface area contributed by atoms with Gasteiger partial charge < -0.3 is 9.30 Å². The van der Waals surface area contributed by atoms with Gasteiger partial charge in [0.1, 0.15) is 5.75 Å². The Hall–Kier alpha value is -2.30. The van der Waals surface area contributed by atoms with Gasteiger partial charge in [0.25, 0.3) is 0 Å². The molecule has 1 aromatic carbocycles. The van der Waals surface area contributed by atoms with Crippen LogP contribution in [0, 0.1) is 10.1 Å². The number of fused-ring (bicyclic) bond motifs is 3. The molecule has 0 fully saturated rings. The molecule has 0 bridgehead atoms. The zero-order valence-corrected chi connectivity index (χ0v) is 10.6. The summed E-state index contributed by atoms with van der Waals surface area (Å²) in [6.45, 7) is 0.741. The maximum Gasteiger partial charge on any atom is 0.235 e. The van der Waals surface area contributed by atoms with E-state index >= 15 is 0 Å². The van der Waals surface area contributed by atoms with Gasteiger partial charge >= 0.3 is 0 Å². The van der Waals surface area contributed by atoms with Gasteiger partial charge in [-0.2, -0.15) is 0 Å². The van der Waals surface area contributed by atoms with Gasteiger partial charge in [-0.1, -0.05) is 0 Å². The van der Waals surface area contributed by atoms with Crippen molar-refractivity contribution in [3.63, 3.8) is 0 Å². The SMILES string of the molecule is Cn1cc(/C=C/[N+](=O)[O-])c2c3c(ccc21)OCCC3. The van der Waals surface area contributed by atoms with Gasteiger partial charge in [-0.25, -0.2) is 0 Å². The first-order chi connectivity index (χ1) is 9.16. The Morgan fingerprint density at radius 3 is 3.11 bits per heavy atom. The van der Waals surface area contributed by atoms with Crippen LogP contribution in [0.4, 0.5) is 0 Å². The van der Waals surface area contributed by atoms with E-state index in [0.29, 0.717) is 0 Å². The van der Waals surface area contributed by atoms with Crippen LogP contribution in [0.1, 0.15) is 17.5 Å². The quantitative estimate of drug-likeness (QED) is 0.614. The van der Waals surface area contributed by atoms with E-state index in [-0.39, 0.29) is 0 Å². The van der Waals surface area contributed by atoms with Gasteiger partial charge in [0.2, 0.25) is 6.20 Å². The standard InChI is InChI=1S/C14H14N2O3/c1-15-9-10(6-7-16(17)18)14-11-3-2-8-19-13(11)5-4-12(14)15/h4-7,9H,2-3,8H2,1H3/b7-6+. The zero-order valence-electron chi connectivity index (χ0n) is 10.6. The minimum atomic E-state index is -0.440. The molecule has 1 aromatic heterocycles. The summed E-state index contributed by atoms with van der Waals surface area (Å²) in [7, 11) is 1.95. The van der Waals surface area contributed by atoms with Crippen LogP contribution in [0.25, 0.3) is 17.0 Å². The fraction of sp³-hybridized carbons (Fsp3) is 0.286. The highest BCUT2D eigenvalue weighted by atomic mass is 16.6. The Balaban J connectivity index is 2.24. The molecule has 0 N–H and O–H groups in total. The van der Waals surface area contributed by atoms with Crippen LogP contribution in [0.5, 0.6) is 5.75 Å². The average molecular weight is 258 g/mol. The van der Waals surface area contributed by atoms with Crippen LogP contribution in [0.3, 0.4) is 0 Å². The zero-order chi connectivity index (χ0) is 13.4. The van der Waals surface area contributed by atoms with Crippen molar-refractivity contribution in [2.24, 2.45) is 7.05 Å². The van der Waals surface area contributed by atoms with Gasteiger partial charge in [0, 0.05) is 41.4 Å². The highest BCUT2D eigenvalue weighted by Crippen LogP contribution is 2.35. The largest absolute Gasteiger partial charge is 0.493 e. The lowest BCUT2D eigenvalue weighted by molar-refractivity contribution is -0.400. The molecule has 2 heterocycles. The van der Waals surface area contributed by atoms with E-state index in [0.717, 1.165) is 53.4 Å². The summed E-state index contributed by atoms with van der Waals surface area (Å²) in [4.78, 5) is 10.1. The van der Waals surface area contributed by atoms with E-state index < -0.39 is 4.92 Å². The Morgan fingerprint density at radius 1 is 1.47 bits per heavy atom. The fourth-order valence-electron chi connectivity index (χ4n) is 2.66. The molecule has 98 valence electrons. The molecule has 0 amide bonds. The molecule has 0 unspecified atom stereocenters. The number of nitrogens with zero attached hydrogens (tertiary/aromatic N) is 2. The lowest BCUT2D eigenvalue weighted by Gasteiger charge is -2.18. The second-order valence-electron chi connectivity index (χ2n) is 4.68. The number of nitro groups is 1.